The van der Waals surface area contributed by atoms with Crippen molar-refractivity contribution in [1.29, 1.82) is 0 Å². The Bertz CT molecular complexity index is 325. The zero-order valence-corrected chi connectivity index (χ0v) is 11.1. The first-order valence-corrected chi connectivity index (χ1v) is 5.79. The van der Waals surface area contributed by atoms with Crippen LogP contribution in [0.4, 0.5) is 0 Å². The summed E-state index contributed by atoms with van der Waals surface area (Å²) in [6, 6.07) is 0. The Morgan fingerprint density at radius 2 is 2.06 bits per heavy atom. The third-order valence-electron chi connectivity index (χ3n) is 3.69. The minimum absolute atomic E-state index is 0. The highest BCUT2D eigenvalue weighted by molar-refractivity contribution is 5.85. The molecule has 0 amide bonds. The third-order valence-corrected chi connectivity index (χ3v) is 3.69. The van der Waals surface area contributed by atoms with Crippen LogP contribution in [0.15, 0.2) is 4.52 Å². The zero-order chi connectivity index (χ0) is 10.9. The van der Waals surface area contributed by atoms with E-state index in [0.29, 0.717) is 5.41 Å². The summed E-state index contributed by atoms with van der Waals surface area (Å²) in [5.74, 6) is 0.946. The Labute approximate surface area is 103 Å². The van der Waals surface area contributed by atoms with Gasteiger partial charge in [-0.15, -0.1) is 12.4 Å². The molecular formula is C12H21ClN2O. The summed E-state index contributed by atoms with van der Waals surface area (Å²) in [5.41, 5.74) is 2.85. The van der Waals surface area contributed by atoms with Crippen molar-refractivity contribution in [3.8, 4) is 0 Å². The molecule has 2 rings (SSSR count). The molecule has 3 nitrogen and oxygen atoms in total. The lowest BCUT2D eigenvalue weighted by molar-refractivity contribution is 0.391. The molecule has 0 spiro atoms. The first-order chi connectivity index (χ1) is 7.17. The number of nitrogens with one attached hydrogen (secondary N) is 1. The van der Waals surface area contributed by atoms with E-state index < -0.39 is 0 Å². The number of nitrogens with zero attached hydrogens (tertiary/aromatic N) is 1. The van der Waals surface area contributed by atoms with Crippen molar-refractivity contribution in [2.75, 3.05) is 6.54 Å². The van der Waals surface area contributed by atoms with E-state index in [9.17, 15) is 0 Å². The van der Waals surface area contributed by atoms with Crippen LogP contribution in [0.25, 0.3) is 0 Å². The molecule has 1 aliphatic carbocycles. The second-order valence-corrected chi connectivity index (χ2v) is 4.76. The highest BCUT2D eigenvalue weighted by Gasteiger charge is 2.39. The first kappa shape index (κ1) is 13.5. The van der Waals surface area contributed by atoms with Gasteiger partial charge in [-0.1, -0.05) is 12.1 Å². The van der Waals surface area contributed by atoms with Crippen molar-refractivity contribution < 1.29 is 4.52 Å². The maximum absolute atomic E-state index is 5.13. The van der Waals surface area contributed by atoms with Crippen molar-refractivity contribution >= 4 is 12.4 Å². The van der Waals surface area contributed by atoms with Crippen molar-refractivity contribution in [1.82, 2.24) is 10.5 Å². The number of aryl methyl sites for hydroxylation is 2. The monoisotopic (exact) mass is 244 g/mol. The van der Waals surface area contributed by atoms with Crippen molar-refractivity contribution in [3.63, 3.8) is 0 Å². The predicted octanol–water partition coefficient (Wildman–Crippen LogP) is 2.99. The van der Waals surface area contributed by atoms with Gasteiger partial charge in [-0.2, -0.15) is 0 Å². The average molecular weight is 245 g/mol. The van der Waals surface area contributed by atoms with Crippen LogP contribution in [0.3, 0.4) is 0 Å². The fourth-order valence-electron chi connectivity index (χ4n) is 2.04. The van der Waals surface area contributed by atoms with E-state index in [1.54, 1.807) is 0 Å². The third kappa shape index (κ3) is 2.77. The molecule has 0 radical (unpaired) electrons. The standard InChI is InChI=1S/C12H20N2O.ClH/c1-4-12(5-6-12)8-13-7-11-9(2)14-15-10(11)3;/h13H,4-8H2,1-3H3;1H. The van der Waals surface area contributed by atoms with Crippen LogP contribution in [-0.2, 0) is 6.54 Å². The lowest BCUT2D eigenvalue weighted by Crippen LogP contribution is -2.23. The molecular weight excluding hydrogens is 224 g/mol. The van der Waals surface area contributed by atoms with Crippen molar-refractivity contribution in [2.45, 2.75) is 46.6 Å². The molecule has 16 heavy (non-hydrogen) atoms. The first-order valence-electron chi connectivity index (χ1n) is 5.79. The Balaban J connectivity index is 0.00000128. The second kappa shape index (κ2) is 5.19. The summed E-state index contributed by atoms with van der Waals surface area (Å²) < 4.78 is 5.13. The van der Waals surface area contributed by atoms with Crippen LogP contribution in [0, 0.1) is 19.3 Å². The molecule has 4 heteroatoms. The van der Waals surface area contributed by atoms with Gasteiger partial charge in [-0.05, 0) is 38.5 Å². The lowest BCUT2D eigenvalue weighted by Gasteiger charge is -2.12. The maximum Gasteiger partial charge on any atom is 0.138 e. The summed E-state index contributed by atoms with van der Waals surface area (Å²) >= 11 is 0. The smallest absolute Gasteiger partial charge is 0.138 e. The van der Waals surface area contributed by atoms with Gasteiger partial charge in [0.15, 0.2) is 0 Å². The van der Waals surface area contributed by atoms with E-state index in [0.717, 1.165) is 24.5 Å². The van der Waals surface area contributed by atoms with Crippen LogP contribution in [0.1, 0.15) is 43.2 Å². The Kier molecular flexibility index (Phi) is 4.39. The van der Waals surface area contributed by atoms with Crippen LogP contribution in [0.2, 0.25) is 0 Å². The van der Waals surface area contributed by atoms with E-state index in [1.807, 2.05) is 13.8 Å². The molecule has 1 fully saturated rings. The molecule has 0 aliphatic heterocycles. The van der Waals surface area contributed by atoms with E-state index in [-0.39, 0.29) is 12.4 Å². The summed E-state index contributed by atoms with van der Waals surface area (Å²) in [5, 5.41) is 7.48. The molecule has 0 aromatic carbocycles. The van der Waals surface area contributed by atoms with Crippen molar-refractivity contribution in [2.24, 2.45) is 5.41 Å². The molecule has 1 saturated carbocycles. The van der Waals surface area contributed by atoms with E-state index in [1.165, 1.54) is 24.8 Å². The molecule has 1 aliphatic rings. The topological polar surface area (TPSA) is 38.1 Å². The van der Waals surface area contributed by atoms with E-state index in [4.69, 9.17) is 4.52 Å². The van der Waals surface area contributed by atoms with Gasteiger partial charge in [-0.25, -0.2) is 0 Å². The Morgan fingerprint density at radius 3 is 2.50 bits per heavy atom. The summed E-state index contributed by atoms with van der Waals surface area (Å²) in [4.78, 5) is 0. The van der Waals surface area contributed by atoms with Gasteiger partial charge in [0.2, 0.25) is 0 Å². The van der Waals surface area contributed by atoms with Crippen molar-refractivity contribution in [3.05, 3.63) is 17.0 Å². The average Bonchev–Trinajstić information content (AvgIpc) is 2.95. The van der Waals surface area contributed by atoms with Crippen LogP contribution >= 0.6 is 12.4 Å². The van der Waals surface area contributed by atoms with Crippen LogP contribution in [0.5, 0.6) is 0 Å². The highest BCUT2D eigenvalue weighted by atomic mass is 35.5. The lowest BCUT2D eigenvalue weighted by atomic mass is 10.0. The maximum atomic E-state index is 5.13. The molecule has 1 heterocycles. The molecule has 0 unspecified atom stereocenters. The Hall–Kier alpha value is -0.540. The van der Waals surface area contributed by atoms with E-state index in [2.05, 4.69) is 17.4 Å². The van der Waals surface area contributed by atoms with Gasteiger partial charge < -0.3 is 9.84 Å². The van der Waals surface area contributed by atoms with Crippen LogP contribution in [-0.4, -0.2) is 11.7 Å². The largest absolute Gasteiger partial charge is 0.361 e. The molecule has 1 N–H and O–H groups in total. The number of halogens is 1. The number of hydrogen-bond donors (Lipinski definition) is 1. The molecule has 1 aromatic heterocycles. The minimum atomic E-state index is 0. The minimum Gasteiger partial charge on any atom is -0.361 e. The summed E-state index contributed by atoms with van der Waals surface area (Å²) in [7, 11) is 0. The molecule has 1 aromatic rings. The summed E-state index contributed by atoms with van der Waals surface area (Å²) in [6.45, 7) is 8.28. The van der Waals surface area contributed by atoms with Gasteiger partial charge in [-0.3, -0.25) is 0 Å². The van der Waals surface area contributed by atoms with Gasteiger partial charge >= 0.3 is 0 Å². The van der Waals surface area contributed by atoms with Gasteiger partial charge in [0, 0.05) is 18.7 Å². The SMILES string of the molecule is CCC1(CNCc2c(C)noc2C)CC1.Cl. The quantitative estimate of drug-likeness (QED) is 0.866. The molecule has 0 atom stereocenters. The van der Waals surface area contributed by atoms with Gasteiger partial charge in [0.25, 0.3) is 0 Å². The number of aromatic nitrogens is 1. The number of hydrogen-bond acceptors (Lipinski definition) is 3. The van der Waals surface area contributed by atoms with Gasteiger partial charge in [0.1, 0.15) is 5.76 Å². The molecule has 92 valence electrons. The fourth-order valence-corrected chi connectivity index (χ4v) is 2.04. The Morgan fingerprint density at radius 1 is 1.38 bits per heavy atom. The van der Waals surface area contributed by atoms with Crippen LogP contribution < -0.4 is 5.32 Å². The second-order valence-electron chi connectivity index (χ2n) is 4.76. The zero-order valence-electron chi connectivity index (χ0n) is 10.3. The summed E-state index contributed by atoms with van der Waals surface area (Å²) in [6.07, 6.45) is 4.07. The molecule has 0 saturated heterocycles. The number of rotatable bonds is 5. The predicted molar refractivity (Wildman–Crippen MR) is 66.9 cm³/mol. The fraction of sp³-hybridized carbons (Fsp3) is 0.750. The van der Waals surface area contributed by atoms with E-state index >= 15 is 0 Å². The van der Waals surface area contributed by atoms with Gasteiger partial charge in [0.05, 0.1) is 5.69 Å². The normalized spacial score (nSPS) is 16.9. The highest BCUT2D eigenvalue weighted by Crippen LogP contribution is 2.47. The molecule has 0 bridgehead atoms.